The Hall–Kier alpha value is -10.2. The maximum atomic E-state index is 12.7. The number of thioether (sulfide) groups is 1. The quantitative estimate of drug-likeness (QED) is 0.0821. The Bertz CT molecular complexity index is 4350. The number of carbonyl (C=O) groups excluding carboxylic acids is 5. The minimum absolute atomic E-state index is 0.0718. The first-order valence-electron chi connectivity index (χ1n) is 30.9. The number of allylic oxidation sites excluding steroid dienone is 7. The Labute approximate surface area is 541 Å². The zero-order chi connectivity index (χ0) is 64.5. The van der Waals surface area contributed by atoms with Crippen LogP contribution in [0.2, 0.25) is 0 Å². The molecule has 0 aliphatic carbocycles. The largest absolute Gasteiger partial charge is 0.508 e. The van der Waals surface area contributed by atoms with Gasteiger partial charge in [-0.2, -0.15) is 0 Å². The van der Waals surface area contributed by atoms with Crippen molar-refractivity contribution in [2.24, 2.45) is 20.0 Å². The van der Waals surface area contributed by atoms with Gasteiger partial charge >= 0.3 is 0 Å². The van der Waals surface area contributed by atoms with Crippen LogP contribution in [0, 0.1) is 0 Å². The van der Waals surface area contributed by atoms with E-state index in [4.69, 9.17) is 9.47 Å². The lowest BCUT2D eigenvalue weighted by atomic mass is 9.91. The van der Waals surface area contributed by atoms with Gasteiger partial charge in [0.1, 0.15) is 17.2 Å². The molecule has 12 nitrogen and oxygen atoms in total. The van der Waals surface area contributed by atoms with E-state index in [1.807, 2.05) is 198 Å². The second kappa shape index (κ2) is 31.0. The van der Waals surface area contributed by atoms with Crippen LogP contribution in [-0.4, -0.2) is 75.2 Å². The first-order valence-corrected chi connectivity index (χ1v) is 31.9. The van der Waals surface area contributed by atoms with Crippen LogP contribution in [-0.2, 0) is 43.2 Å². The third kappa shape index (κ3) is 16.6. The summed E-state index contributed by atoms with van der Waals surface area (Å²) in [5.41, 5.74) is 14.6. The third-order valence-corrected chi connectivity index (χ3v) is 17.1. The average molecular weight is 1240 g/mol. The van der Waals surface area contributed by atoms with E-state index in [9.17, 15) is 29.1 Å². The van der Waals surface area contributed by atoms with E-state index in [2.05, 4.69) is 50.3 Å². The molecule has 0 fully saturated rings. The van der Waals surface area contributed by atoms with Gasteiger partial charge in [0.15, 0.2) is 28.9 Å². The lowest BCUT2D eigenvalue weighted by Gasteiger charge is -2.17. The van der Waals surface area contributed by atoms with Crippen LogP contribution in [0.3, 0.4) is 0 Å². The zero-order valence-electron chi connectivity index (χ0n) is 52.4. The predicted molar refractivity (Wildman–Crippen MR) is 370 cm³/mol. The van der Waals surface area contributed by atoms with E-state index in [-0.39, 0.29) is 46.7 Å². The Morgan fingerprint density at radius 1 is 0.522 bits per heavy atom. The lowest BCUT2D eigenvalue weighted by molar-refractivity contribution is -0.120. The molecule has 92 heavy (non-hydrogen) atoms. The highest BCUT2D eigenvalue weighted by molar-refractivity contribution is 8.14. The van der Waals surface area contributed by atoms with Crippen molar-refractivity contribution in [1.29, 1.82) is 0 Å². The molecule has 13 rings (SSSR count). The number of benzene rings is 8. The van der Waals surface area contributed by atoms with Gasteiger partial charge in [-0.3, -0.25) is 43.9 Å². The maximum Gasteiger partial charge on any atom is 0.174 e. The van der Waals surface area contributed by atoms with E-state index >= 15 is 0 Å². The van der Waals surface area contributed by atoms with Crippen molar-refractivity contribution in [2.75, 3.05) is 19.0 Å². The number of aromatic hydroxyl groups is 1. The summed E-state index contributed by atoms with van der Waals surface area (Å²) in [5, 5.41) is 13.5. The van der Waals surface area contributed by atoms with Crippen LogP contribution in [0.25, 0.3) is 16.5 Å². The van der Waals surface area contributed by atoms with Crippen LogP contribution in [0.4, 0.5) is 0 Å². The van der Waals surface area contributed by atoms with Gasteiger partial charge < -0.3 is 14.6 Å². The molecule has 0 saturated carbocycles. The van der Waals surface area contributed by atoms with Crippen molar-refractivity contribution in [1.82, 2.24) is 0 Å². The number of para-hydroxylation sites is 1. The second-order valence-electron chi connectivity index (χ2n) is 22.6. The topological polar surface area (TPSA) is 173 Å². The normalized spacial score (nSPS) is 15.4. The molecular formula is C79H72N4O8S. The molecule has 0 bridgehead atoms. The number of hydrogen-bond donors (Lipinski definition) is 1. The fourth-order valence-corrected chi connectivity index (χ4v) is 12.2. The van der Waals surface area contributed by atoms with Gasteiger partial charge in [0.2, 0.25) is 0 Å². The zero-order valence-corrected chi connectivity index (χ0v) is 53.2. The van der Waals surface area contributed by atoms with Crippen molar-refractivity contribution in [3.63, 3.8) is 0 Å². The Morgan fingerprint density at radius 2 is 1.03 bits per heavy atom. The number of Topliss-reactive ketones (excluding diaryl/α,β-unsaturated/α-hetero) is 5. The highest BCUT2D eigenvalue weighted by atomic mass is 32.2. The predicted octanol–water partition coefficient (Wildman–Crippen LogP) is 16.0. The van der Waals surface area contributed by atoms with Crippen molar-refractivity contribution in [3.8, 4) is 17.2 Å². The number of rotatable bonds is 14. The average Bonchev–Trinajstić information content (AvgIpc) is 1.21. The molecule has 0 amide bonds. The first-order chi connectivity index (χ1) is 44.7. The van der Waals surface area contributed by atoms with E-state index in [0.29, 0.717) is 62.3 Å². The van der Waals surface area contributed by atoms with Crippen LogP contribution in [0.15, 0.2) is 266 Å². The van der Waals surface area contributed by atoms with Gasteiger partial charge in [0.25, 0.3) is 0 Å². The number of aliphatic imine (C=N–C) groups is 4. The van der Waals surface area contributed by atoms with Gasteiger partial charge in [-0.05, 0) is 103 Å². The molecule has 5 heterocycles. The Balaban J connectivity index is 0.000000135. The van der Waals surface area contributed by atoms with E-state index in [0.717, 1.165) is 114 Å². The number of phenolic OH excluding ortho intramolecular Hbond substituents is 1. The Morgan fingerprint density at radius 3 is 1.63 bits per heavy atom. The molecule has 5 aliphatic rings. The van der Waals surface area contributed by atoms with Crippen LogP contribution in [0.1, 0.15) is 106 Å². The van der Waals surface area contributed by atoms with Crippen molar-refractivity contribution in [3.05, 3.63) is 285 Å². The van der Waals surface area contributed by atoms with E-state index in [1.54, 1.807) is 17.8 Å². The summed E-state index contributed by atoms with van der Waals surface area (Å²) in [6, 6.07) is 66.6. The number of fused-ring (bicyclic) bond motifs is 2. The smallest absolute Gasteiger partial charge is 0.174 e. The second-order valence-corrected chi connectivity index (χ2v) is 23.8. The fourth-order valence-electron chi connectivity index (χ4n) is 11.4. The maximum absolute atomic E-state index is 12.7. The summed E-state index contributed by atoms with van der Waals surface area (Å²) in [6.45, 7) is 10.4. The van der Waals surface area contributed by atoms with Crippen molar-refractivity contribution in [2.45, 2.75) is 86.0 Å². The summed E-state index contributed by atoms with van der Waals surface area (Å²) in [7, 11) is 0. The Kier molecular flexibility index (Phi) is 21.8. The molecule has 13 heteroatoms. The minimum Gasteiger partial charge on any atom is -0.508 e. The van der Waals surface area contributed by atoms with Crippen LogP contribution < -0.4 is 9.47 Å². The van der Waals surface area contributed by atoms with Gasteiger partial charge in [0.05, 0.1) is 72.3 Å². The molecule has 1 N–H and O–H groups in total. The number of nitrogens with zero attached hydrogens (tertiary/aromatic N) is 4. The minimum atomic E-state index is -0.236. The fraction of sp³-hybridized carbons (Fsp3) is 0.203. The van der Waals surface area contributed by atoms with Crippen molar-refractivity contribution >= 4 is 79.3 Å². The van der Waals surface area contributed by atoms with E-state index in [1.165, 1.54) is 17.7 Å². The van der Waals surface area contributed by atoms with Gasteiger partial charge in [-0.1, -0.05) is 183 Å². The van der Waals surface area contributed by atoms with Crippen LogP contribution in [0.5, 0.6) is 17.2 Å². The molecule has 0 spiro atoms. The molecular weight excluding hydrogens is 1160 g/mol. The number of carbonyl (C=O) groups is 5. The molecule has 462 valence electrons. The number of ether oxygens (including phenoxy) is 2. The summed E-state index contributed by atoms with van der Waals surface area (Å²) in [5.74, 6) is 2.62. The standard InChI is InChI=1S/C21H19NO3.C21H21NO2S.C19H15NO2.C18H17NO/c1-13-17(10-16-9-15-7-8-25-21(15)12-19(16)23)20(24)11-18(22-13)14-5-3-2-4-6-14;1-16-19(14-17-8-4-2-5-9-17)20(23)15-21(22-16)25-13-12-24-18-10-6-3-7-11-18;1-13(21)18-17(22)12-16(14-8-4-2-5-9-14)20-19(18)15-10-6-3-7-11-15;1-3-16-12(2)19-17(11-18(16)20)15-9-8-13-6-4-5-7-14(13)10-15/h2-6,9,12,23H,7-8,10-11H2,1H3;2-11H,12-15H2,1H3;2-11H,12H2,1H3;4-10H,3,11H2,1-2H3. The third-order valence-electron chi connectivity index (χ3n) is 16.2. The lowest BCUT2D eigenvalue weighted by Crippen LogP contribution is -2.21. The molecule has 5 aliphatic heterocycles. The first kappa shape index (κ1) is 64.7. The van der Waals surface area contributed by atoms with E-state index < -0.39 is 0 Å². The number of hydrogen-bond acceptors (Lipinski definition) is 13. The monoisotopic (exact) mass is 1240 g/mol. The highest BCUT2D eigenvalue weighted by Gasteiger charge is 2.29. The number of ketones is 5. The van der Waals surface area contributed by atoms with Crippen LogP contribution >= 0.6 is 11.8 Å². The highest BCUT2D eigenvalue weighted by Crippen LogP contribution is 2.36. The van der Waals surface area contributed by atoms with Gasteiger partial charge in [0, 0.05) is 70.5 Å². The summed E-state index contributed by atoms with van der Waals surface area (Å²) in [6.07, 6.45) is 3.93. The summed E-state index contributed by atoms with van der Waals surface area (Å²) >= 11 is 1.60. The molecule has 0 saturated heterocycles. The summed E-state index contributed by atoms with van der Waals surface area (Å²) < 4.78 is 11.1. The molecule has 0 unspecified atom stereocenters. The van der Waals surface area contributed by atoms with Crippen molar-refractivity contribution < 1.29 is 38.6 Å². The molecule has 0 aromatic heterocycles. The SMILES string of the molecule is CC(=O)C1=C(c2ccccc2)N=C(c2ccccc2)CC1=O.CC1=C(Cc2cc3c(cc2O)OCC3)C(=O)CC(c2ccccc2)=N1.CC1=C(Cc2ccccc2)C(=O)CC(SCCOc2ccccc2)=N1.CCC1=C(C)N=C(c2ccc3ccccc3c2)CC1=O. The van der Waals surface area contributed by atoms with Gasteiger partial charge in [-0.15, -0.1) is 11.8 Å². The number of phenols is 1. The molecule has 0 radical (unpaired) electrons. The summed E-state index contributed by atoms with van der Waals surface area (Å²) in [4.78, 5) is 80.2. The van der Waals surface area contributed by atoms with Gasteiger partial charge in [-0.25, -0.2) is 0 Å². The molecule has 0 atom stereocenters. The molecule has 8 aromatic rings. The molecule has 8 aromatic carbocycles.